The molecule has 0 aliphatic rings. The van der Waals surface area contributed by atoms with Crippen molar-refractivity contribution in [3.8, 4) is 0 Å². The van der Waals surface area contributed by atoms with Gasteiger partial charge in [0.15, 0.2) is 0 Å². The molecule has 0 aliphatic carbocycles. The molecule has 2 unspecified atom stereocenters. The molecule has 1 aromatic heterocycles. The van der Waals surface area contributed by atoms with E-state index >= 15 is 0 Å². The zero-order chi connectivity index (χ0) is 12.0. The van der Waals surface area contributed by atoms with Crippen LogP contribution in [-0.2, 0) is 6.54 Å². The molecule has 1 aromatic rings. The van der Waals surface area contributed by atoms with E-state index in [2.05, 4.69) is 46.4 Å². The van der Waals surface area contributed by atoms with Crippen LogP contribution in [0, 0.1) is 0 Å². The average molecular weight is 306 g/mol. The lowest BCUT2D eigenvalue weighted by molar-refractivity contribution is 0.402. The zero-order valence-electron chi connectivity index (χ0n) is 10.1. The molecule has 0 radical (unpaired) electrons. The summed E-state index contributed by atoms with van der Waals surface area (Å²) in [6.07, 6.45) is 7.19. The van der Waals surface area contributed by atoms with Crippen molar-refractivity contribution >= 4 is 27.7 Å². The van der Waals surface area contributed by atoms with Gasteiger partial charge in [-0.15, -0.1) is 0 Å². The molecule has 0 aliphatic heterocycles. The molecule has 1 N–H and O–H groups in total. The summed E-state index contributed by atoms with van der Waals surface area (Å²) in [5.74, 6) is 1.22. The molecule has 0 fully saturated rings. The van der Waals surface area contributed by atoms with Crippen molar-refractivity contribution in [1.29, 1.82) is 0 Å². The second-order valence-electron chi connectivity index (χ2n) is 4.13. The second-order valence-corrected chi connectivity index (χ2v) is 6.03. The third kappa shape index (κ3) is 5.37. The fourth-order valence-corrected chi connectivity index (χ4v) is 2.55. The largest absolute Gasteiger partial charge is 0.310 e. The Morgan fingerprint density at radius 1 is 1.50 bits per heavy atom. The van der Waals surface area contributed by atoms with Gasteiger partial charge < -0.3 is 5.32 Å². The van der Waals surface area contributed by atoms with Crippen molar-refractivity contribution in [2.45, 2.75) is 38.9 Å². The fraction of sp³-hybridized carbons (Fsp3) is 0.727. The summed E-state index contributed by atoms with van der Waals surface area (Å²) in [5, 5.41) is 7.83. The van der Waals surface area contributed by atoms with Crippen LogP contribution in [-0.4, -0.2) is 33.9 Å². The summed E-state index contributed by atoms with van der Waals surface area (Å²) >= 11 is 5.30. The molecule has 0 spiro atoms. The third-order valence-corrected chi connectivity index (χ3v) is 3.44. The van der Waals surface area contributed by atoms with Gasteiger partial charge in [0.1, 0.15) is 0 Å². The van der Waals surface area contributed by atoms with Gasteiger partial charge >= 0.3 is 0 Å². The first-order valence-electron chi connectivity index (χ1n) is 5.54. The molecular formula is C11H20BrN3S. The highest BCUT2D eigenvalue weighted by Crippen LogP contribution is 2.07. The number of rotatable bonds is 7. The lowest BCUT2D eigenvalue weighted by Gasteiger charge is -2.19. The fourth-order valence-electron chi connectivity index (χ4n) is 1.64. The SMILES string of the molecule is CSCCC(C)NC(C)Cn1cc(Br)cn1. The number of hydrogen-bond donors (Lipinski definition) is 1. The molecule has 92 valence electrons. The average Bonchev–Trinajstić information content (AvgIpc) is 2.60. The van der Waals surface area contributed by atoms with E-state index in [1.54, 1.807) is 0 Å². The maximum absolute atomic E-state index is 4.25. The van der Waals surface area contributed by atoms with Crippen LogP contribution in [0.3, 0.4) is 0 Å². The Bertz CT molecular complexity index is 303. The van der Waals surface area contributed by atoms with E-state index in [1.165, 1.54) is 12.2 Å². The van der Waals surface area contributed by atoms with Gasteiger partial charge in [-0.25, -0.2) is 0 Å². The van der Waals surface area contributed by atoms with Crippen molar-refractivity contribution in [3.05, 3.63) is 16.9 Å². The van der Waals surface area contributed by atoms with Crippen molar-refractivity contribution in [2.75, 3.05) is 12.0 Å². The molecule has 3 nitrogen and oxygen atoms in total. The van der Waals surface area contributed by atoms with Crippen LogP contribution < -0.4 is 5.32 Å². The van der Waals surface area contributed by atoms with E-state index in [-0.39, 0.29) is 0 Å². The highest BCUT2D eigenvalue weighted by molar-refractivity contribution is 9.10. The number of aromatic nitrogens is 2. The van der Waals surface area contributed by atoms with Crippen LogP contribution in [0.15, 0.2) is 16.9 Å². The Hall–Kier alpha value is -0.0000000000000000555. The molecule has 2 atom stereocenters. The lowest BCUT2D eigenvalue weighted by atomic mass is 10.2. The van der Waals surface area contributed by atoms with Crippen molar-refractivity contribution < 1.29 is 0 Å². The van der Waals surface area contributed by atoms with E-state index in [4.69, 9.17) is 0 Å². The minimum atomic E-state index is 0.448. The van der Waals surface area contributed by atoms with E-state index < -0.39 is 0 Å². The smallest absolute Gasteiger partial charge is 0.0632 e. The molecule has 16 heavy (non-hydrogen) atoms. The van der Waals surface area contributed by atoms with Gasteiger partial charge in [0.25, 0.3) is 0 Å². The minimum absolute atomic E-state index is 0.448. The van der Waals surface area contributed by atoms with Crippen LogP contribution in [0.4, 0.5) is 0 Å². The predicted molar refractivity (Wildman–Crippen MR) is 75.0 cm³/mol. The highest BCUT2D eigenvalue weighted by Gasteiger charge is 2.08. The van der Waals surface area contributed by atoms with Gasteiger partial charge in [0.2, 0.25) is 0 Å². The van der Waals surface area contributed by atoms with Gasteiger partial charge in [-0.1, -0.05) is 0 Å². The maximum Gasteiger partial charge on any atom is 0.0632 e. The first kappa shape index (κ1) is 14.1. The zero-order valence-corrected chi connectivity index (χ0v) is 12.5. The Balaban J connectivity index is 2.27. The van der Waals surface area contributed by atoms with E-state index in [1.807, 2.05) is 28.8 Å². The van der Waals surface area contributed by atoms with Crippen LogP contribution in [0.1, 0.15) is 20.3 Å². The minimum Gasteiger partial charge on any atom is -0.310 e. The van der Waals surface area contributed by atoms with Gasteiger partial charge in [-0.05, 0) is 48.2 Å². The van der Waals surface area contributed by atoms with E-state index in [9.17, 15) is 0 Å². The standard InChI is InChI=1S/C11H20BrN3S/c1-9(4-5-16-3)14-10(2)7-15-8-11(12)6-13-15/h6,8-10,14H,4-5,7H2,1-3H3. The Morgan fingerprint density at radius 2 is 2.25 bits per heavy atom. The number of hydrogen-bond acceptors (Lipinski definition) is 3. The van der Waals surface area contributed by atoms with Gasteiger partial charge in [0.05, 0.1) is 17.2 Å². The lowest BCUT2D eigenvalue weighted by Crippen LogP contribution is -2.37. The summed E-state index contributed by atoms with van der Waals surface area (Å²) in [6.45, 7) is 5.35. The molecule has 5 heteroatoms. The van der Waals surface area contributed by atoms with E-state index in [0.29, 0.717) is 12.1 Å². The molecule has 0 bridgehead atoms. The Labute approximate surface area is 110 Å². The van der Waals surface area contributed by atoms with Gasteiger partial charge in [-0.3, -0.25) is 4.68 Å². The van der Waals surface area contributed by atoms with Crippen LogP contribution in [0.2, 0.25) is 0 Å². The number of nitrogens with one attached hydrogen (secondary N) is 1. The number of thioether (sulfide) groups is 1. The molecule has 0 saturated carbocycles. The van der Waals surface area contributed by atoms with Crippen LogP contribution in [0.5, 0.6) is 0 Å². The normalized spacial score (nSPS) is 15.0. The Morgan fingerprint density at radius 3 is 2.81 bits per heavy atom. The van der Waals surface area contributed by atoms with Gasteiger partial charge in [0, 0.05) is 18.3 Å². The topological polar surface area (TPSA) is 29.9 Å². The highest BCUT2D eigenvalue weighted by atomic mass is 79.9. The maximum atomic E-state index is 4.25. The quantitative estimate of drug-likeness (QED) is 0.840. The molecule has 0 aromatic carbocycles. The summed E-state index contributed by atoms with van der Waals surface area (Å²) in [4.78, 5) is 0. The third-order valence-electron chi connectivity index (χ3n) is 2.39. The number of halogens is 1. The Kier molecular flexibility index (Phi) is 6.46. The van der Waals surface area contributed by atoms with Crippen LogP contribution >= 0.6 is 27.7 Å². The van der Waals surface area contributed by atoms with Crippen LogP contribution in [0.25, 0.3) is 0 Å². The number of nitrogens with zero attached hydrogens (tertiary/aromatic N) is 2. The summed E-state index contributed by atoms with van der Waals surface area (Å²) in [7, 11) is 0. The first-order chi connectivity index (χ1) is 7.61. The van der Waals surface area contributed by atoms with E-state index in [0.717, 1.165) is 11.0 Å². The summed E-state index contributed by atoms with van der Waals surface area (Å²) < 4.78 is 3.00. The van der Waals surface area contributed by atoms with Crippen molar-refractivity contribution in [2.24, 2.45) is 0 Å². The second kappa shape index (κ2) is 7.35. The molecule has 0 amide bonds. The summed E-state index contributed by atoms with van der Waals surface area (Å²) in [6, 6.07) is 1.02. The summed E-state index contributed by atoms with van der Waals surface area (Å²) in [5.41, 5.74) is 0. The molecule has 1 rings (SSSR count). The first-order valence-corrected chi connectivity index (χ1v) is 7.73. The van der Waals surface area contributed by atoms with Gasteiger partial charge in [-0.2, -0.15) is 16.9 Å². The molecular weight excluding hydrogens is 286 g/mol. The monoisotopic (exact) mass is 305 g/mol. The predicted octanol–water partition coefficient (Wildman–Crippen LogP) is 2.77. The molecule has 1 heterocycles. The van der Waals surface area contributed by atoms with Crippen molar-refractivity contribution in [3.63, 3.8) is 0 Å². The molecule has 0 saturated heterocycles. The van der Waals surface area contributed by atoms with Crippen molar-refractivity contribution in [1.82, 2.24) is 15.1 Å².